The molecule has 1 aromatic carbocycles. The van der Waals surface area contributed by atoms with E-state index >= 15 is 0 Å². The standard InChI is InChI=1S/C13H18ClNO3S/c14-10-11-3-1-6-13(9-11)19(17,18)15(7-8-16)12-4-2-5-12/h1,3,6,9,12,16H,2,4-5,7-8,10H2. The van der Waals surface area contributed by atoms with E-state index in [1.54, 1.807) is 24.3 Å². The van der Waals surface area contributed by atoms with Crippen LogP contribution < -0.4 is 0 Å². The van der Waals surface area contributed by atoms with Gasteiger partial charge in [-0.05, 0) is 30.5 Å². The molecule has 6 heteroatoms. The van der Waals surface area contributed by atoms with Crippen LogP contribution in [0.5, 0.6) is 0 Å². The molecule has 0 spiro atoms. The van der Waals surface area contributed by atoms with Crippen molar-refractivity contribution in [3.63, 3.8) is 0 Å². The van der Waals surface area contributed by atoms with Gasteiger partial charge in [-0.3, -0.25) is 0 Å². The average Bonchev–Trinajstić information content (AvgIpc) is 2.36. The Kier molecular flexibility index (Phi) is 4.84. The van der Waals surface area contributed by atoms with Gasteiger partial charge in [0.05, 0.1) is 11.5 Å². The maximum Gasteiger partial charge on any atom is 0.243 e. The summed E-state index contributed by atoms with van der Waals surface area (Å²) in [6.45, 7) is -0.0109. The normalized spacial score (nSPS) is 16.6. The Balaban J connectivity index is 2.32. The van der Waals surface area contributed by atoms with Gasteiger partial charge in [-0.1, -0.05) is 18.6 Å². The molecule has 0 aliphatic heterocycles. The Hall–Kier alpha value is -0.620. The number of sulfonamides is 1. The fourth-order valence-electron chi connectivity index (χ4n) is 2.20. The zero-order chi connectivity index (χ0) is 13.9. The van der Waals surface area contributed by atoms with Gasteiger partial charge in [-0.15, -0.1) is 11.6 Å². The first-order valence-corrected chi connectivity index (χ1v) is 8.34. The van der Waals surface area contributed by atoms with E-state index in [9.17, 15) is 8.42 Å². The summed E-state index contributed by atoms with van der Waals surface area (Å²) < 4.78 is 26.6. The molecule has 19 heavy (non-hydrogen) atoms. The molecule has 0 unspecified atom stereocenters. The van der Waals surface area contributed by atoms with Gasteiger partial charge in [0.15, 0.2) is 0 Å². The molecule has 1 saturated carbocycles. The zero-order valence-electron chi connectivity index (χ0n) is 10.6. The quantitative estimate of drug-likeness (QED) is 0.817. The van der Waals surface area contributed by atoms with Crippen molar-refractivity contribution < 1.29 is 13.5 Å². The number of halogens is 1. The van der Waals surface area contributed by atoms with Crippen LogP contribution in [0.15, 0.2) is 29.2 Å². The van der Waals surface area contributed by atoms with Crippen LogP contribution in [0.1, 0.15) is 24.8 Å². The van der Waals surface area contributed by atoms with Gasteiger partial charge in [0.25, 0.3) is 0 Å². The molecule has 106 valence electrons. The number of rotatable bonds is 6. The molecular formula is C13H18ClNO3S. The number of alkyl halides is 1. The van der Waals surface area contributed by atoms with Crippen LogP contribution in [0.3, 0.4) is 0 Å². The minimum atomic E-state index is -3.54. The first-order chi connectivity index (χ1) is 9.09. The maximum atomic E-state index is 12.6. The molecule has 2 rings (SSSR count). The lowest BCUT2D eigenvalue weighted by atomic mass is 9.93. The van der Waals surface area contributed by atoms with Gasteiger partial charge < -0.3 is 5.11 Å². The van der Waals surface area contributed by atoms with Gasteiger partial charge in [0.2, 0.25) is 10.0 Å². The van der Waals surface area contributed by atoms with Gasteiger partial charge in [0.1, 0.15) is 0 Å². The van der Waals surface area contributed by atoms with Crippen LogP contribution in [-0.4, -0.2) is 37.0 Å². The van der Waals surface area contributed by atoms with Crippen LogP contribution in [0.2, 0.25) is 0 Å². The lowest BCUT2D eigenvalue weighted by Gasteiger charge is -2.36. The van der Waals surface area contributed by atoms with Crippen molar-refractivity contribution in [3.8, 4) is 0 Å². The number of aliphatic hydroxyl groups excluding tert-OH is 1. The van der Waals surface area contributed by atoms with E-state index in [0.717, 1.165) is 24.8 Å². The van der Waals surface area contributed by atoms with Crippen molar-refractivity contribution in [2.75, 3.05) is 13.2 Å². The van der Waals surface area contributed by atoms with Crippen molar-refractivity contribution in [1.82, 2.24) is 4.31 Å². The van der Waals surface area contributed by atoms with E-state index < -0.39 is 10.0 Å². The molecule has 1 aromatic rings. The van der Waals surface area contributed by atoms with Gasteiger partial charge in [-0.2, -0.15) is 4.31 Å². The number of aliphatic hydroxyl groups is 1. The van der Waals surface area contributed by atoms with Crippen LogP contribution in [0.25, 0.3) is 0 Å². The monoisotopic (exact) mass is 303 g/mol. The molecule has 0 bridgehead atoms. The highest BCUT2D eigenvalue weighted by atomic mass is 35.5. The summed E-state index contributed by atoms with van der Waals surface area (Å²) in [6.07, 6.45) is 2.78. The van der Waals surface area contributed by atoms with E-state index in [1.165, 1.54) is 4.31 Å². The molecule has 0 radical (unpaired) electrons. The first kappa shape index (κ1) is 14.8. The predicted molar refractivity (Wildman–Crippen MR) is 74.6 cm³/mol. The summed E-state index contributed by atoms with van der Waals surface area (Å²) in [5.74, 6) is 0.285. The topological polar surface area (TPSA) is 57.6 Å². The molecule has 4 nitrogen and oxygen atoms in total. The molecule has 0 heterocycles. The van der Waals surface area contributed by atoms with E-state index in [2.05, 4.69) is 0 Å². The number of nitrogens with zero attached hydrogens (tertiary/aromatic N) is 1. The number of benzene rings is 1. The van der Waals surface area contributed by atoms with Crippen molar-refractivity contribution >= 4 is 21.6 Å². The third-order valence-corrected chi connectivity index (χ3v) is 5.72. The summed E-state index contributed by atoms with van der Waals surface area (Å²) >= 11 is 5.74. The molecule has 0 saturated heterocycles. The predicted octanol–water partition coefficient (Wildman–Crippen LogP) is 1.96. The van der Waals surface area contributed by atoms with E-state index in [-0.39, 0.29) is 30.0 Å². The van der Waals surface area contributed by atoms with Crippen LogP contribution in [0, 0.1) is 0 Å². The highest BCUT2D eigenvalue weighted by Crippen LogP contribution is 2.30. The van der Waals surface area contributed by atoms with E-state index in [4.69, 9.17) is 16.7 Å². The minimum Gasteiger partial charge on any atom is -0.395 e. The molecule has 0 aromatic heterocycles. The van der Waals surface area contributed by atoms with Crippen molar-refractivity contribution in [3.05, 3.63) is 29.8 Å². The van der Waals surface area contributed by atoms with E-state index in [1.807, 2.05) is 0 Å². The zero-order valence-corrected chi connectivity index (χ0v) is 12.2. The average molecular weight is 304 g/mol. The van der Waals surface area contributed by atoms with Gasteiger partial charge >= 0.3 is 0 Å². The smallest absolute Gasteiger partial charge is 0.243 e. The summed E-state index contributed by atoms with van der Waals surface area (Å²) in [7, 11) is -3.54. The Labute approximate surface area is 119 Å². The van der Waals surface area contributed by atoms with Crippen LogP contribution >= 0.6 is 11.6 Å². The molecular weight excluding hydrogens is 286 g/mol. The summed E-state index contributed by atoms with van der Waals surface area (Å²) in [5, 5.41) is 9.09. The fourth-order valence-corrected chi connectivity index (χ4v) is 4.11. The van der Waals surface area contributed by atoms with Gasteiger partial charge in [0, 0.05) is 18.5 Å². The second-order valence-corrected chi connectivity index (χ2v) is 6.86. The lowest BCUT2D eigenvalue weighted by molar-refractivity contribution is 0.178. The molecule has 1 aliphatic carbocycles. The molecule has 1 fully saturated rings. The number of hydrogen-bond donors (Lipinski definition) is 1. The Bertz CT molecular complexity index is 528. The van der Waals surface area contributed by atoms with Gasteiger partial charge in [-0.25, -0.2) is 8.42 Å². The summed E-state index contributed by atoms with van der Waals surface area (Å²) in [5.41, 5.74) is 0.778. The maximum absolute atomic E-state index is 12.6. The Morgan fingerprint density at radius 2 is 2.11 bits per heavy atom. The Morgan fingerprint density at radius 3 is 2.63 bits per heavy atom. The van der Waals surface area contributed by atoms with Crippen LogP contribution in [-0.2, 0) is 15.9 Å². The Morgan fingerprint density at radius 1 is 1.37 bits per heavy atom. The van der Waals surface area contributed by atoms with Crippen molar-refractivity contribution in [2.45, 2.75) is 36.1 Å². The molecule has 0 atom stereocenters. The van der Waals surface area contributed by atoms with Crippen molar-refractivity contribution in [2.24, 2.45) is 0 Å². The van der Waals surface area contributed by atoms with E-state index in [0.29, 0.717) is 0 Å². The molecule has 0 amide bonds. The molecule has 1 aliphatic rings. The third-order valence-electron chi connectivity index (χ3n) is 3.46. The lowest BCUT2D eigenvalue weighted by Crippen LogP contribution is -2.45. The van der Waals surface area contributed by atoms with Crippen LogP contribution in [0.4, 0.5) is 0 Å². The second-order valence-electron chi connectivity index (χ2n) is 4.71. The fraction of sp³-hybridized carbons (Fsp3) is 0.538. The number of hydrogen-bond acceptors (Lipinski definition) is 3. The first-order valence-electron chi connectivity index (χ1n) is 6.37. The summed E-state index contributed by atoms with van der Waals surface area (Å²) in [6, 6.07) is 6.70. The third kappa shape index (κ3) is 3.11. The molecule has 1 N–H and O–H groups in total. The SMILES string of the molecule is O=S(=O)(c1cccc(CCl)c1)N(CCO)C1CCC1. The highest BCUT2D eigenvalue weighted by Gasteiger charge is 2.34. The minimum absolute atomic E-state index is 0.0248. The van der Waals surface area contributed by atoms with Crippen molar-refractivity contribution in [1.29, 1.82) is 0 Å². The second kappa shape index (κ2) is 6.22. The summed E-state index contributed by atoms with van der Waals surface area (Å²) in [4.78, 5) is 0.256. The highest BCUT2D eigenvalue weighted by molar-refractivity contribution is 7.89. The largest absolute Gasteiger partial charge is 0.395 e.